The standard InChI is InChI=1S/C25H41N3O10.C17H35N3O8/c1-25(2,3)38-24(36)28-17(22(34)27-13-18(30)20(32)21(33)19(31)14-29)11-7-8-12-26-23(35)37-15-16-9-5-4-6-10-16;1-17(2,3)28-16(27)20-10(6-4-5-7-18)15(26)19-8-11(22)13(24)14(25)12(23)9-21/h4-6,9-10,17-21,29-33H,7-8,11-15H2,1-3H3,(H,26,35)(H,27,34)(H,28,36);10-14,21-25H,4-9,18H2,1-3H3,(H,19,26)(H,20,27). The molecule has 382 valence electrons. The molecular formula is C42H76N6O18. The highest BCUT2D eigenvalue weighted by molar-refractivity contribution is 5.86. The average Bonchev–Trinajstić information content (AvgIpc) is 3.25. The highest BCUT2D eigenvalue weighted by Gasteiger charge is 2.33. The molecule has 66 heavy (non-hydrogen) atoms. The number of carbonyl (C=O) groups is 5. The van der Waals surface area contributed by atoms with Crippen LogP contribution in [0.15, 0.2) is 30.3 Å². The van der Waals surface area contributed by atoms with Gasteiger partial charge in [-0.2, -0.15) is 0 Å². The number of aliphatic hydroxyl groups is 10. The molecule has 0 bridgehead atoms. The van der Waals surface area contributed by atoms with Gasteiger partial charge in [0.05, 0.1) is 25.4 Å². The van der Waals surface area contributed by atoms with E-state index in [1.165, 1.54) is 0 Å². The first-order valence-electron chi connectivity index (χ1n) is 21.6. The fourth-order valence-electron chi connectivity index (χ4n) is 5.39. The molecule has 1 rings (SSSR count). The van der Waals surface area contributed by atoms with Gasteiger partial charge in [-0.25, -0.2) is 14.4 Å². The van der Waals surface area contributed by atoms with E-state index in [2.05, 4.69) is 26.6 Å². The molecule has 0 aromatic heterocycles. The Labute approximate surface area is 385 Å². The molecule has 0 saturated carbocycles. The van der Waals surface area contributed by atoms with Gasteiger partial charge in [-0.1, -0.05) is 30.3 Å². The van der Waals surface area contributed by atoms with Gasteiger partial charge in [0.25, 0.3) is 0 Å². The number of benzene rings is 1. The Balaban J connectivity index is 0.00000134. The number of alkyl carbamates (subject to hydrolysis) is 3. The van der Waals surface area contributed by atoms with E-state index in [0.717, 1.165) is 5.56 Å². The van der Waals surface area contributed by atoms with Gasteiger partial charge in [0.15, 0.2) is 0 Å². The van der Waals surface area contributed by atoms with Crippen LogP contribution in [0.3, 0.4) is 0 Å². The van der Waals surface area contributed by atoms with Gasteiger partial charge in [0.1, 0.15) is 66.5 Å². The van der Waals surface area contributed by atoms with Crippen LogP contribution in [0, 0.1) is 0 Å². The Hall–Kier alpha value is -4.47. The van der Waals surface area contributed by atoms with Crippen LogP contribution in [0.5, 0.6) is 0 Å². The zero-order valence-electron chi connectivity index (χ0n) is 38.7. The summed E-state index contributed by atoms with van der Waals surface area (Å²) in [6.45, 7) is 8.26. The molecule has 10 unspecified atom stereocenters. The topological polar surface area (TPSA) is 402 Å². The maximum atomic E-state index is 12.7. The van der Waals surface area contributed by atoms with Crippen LogP contribution in [0.2, 0.25) is 0 Å². The predicted molar refractivity (Wildman–Crippen MR) is 236 cm³/mol. The number of nitrogens with two attached hydrogens (primary N) is 1. The summed E-state index contributed by atoms with van der Waals surface area (Å²) in [5, 5.41) is 107. The average molecular weight is 953 g/mol. The summed E-state index contributed by atoms with van der Waals surface area (Å²) >= 11 is 0. The van der Waals surface area contributed by atoms with Crippen LogP contribution in [0.4, 0.5) is 14.4 Å². The molecule has 24 heteroatoms. The zero-order valence-corrected chi connectivity index (χ0v) is 38.7. The van der Waals surface area contributed by atoms with Crippen LogP contribution in [0.1, 0.15) is 85.6 Å². The SMILES string of the molecule is CC(C)(C)OC(=O)NC(CCCCN)C(=O)NCC(O)C(O)C(O)C(O)CO.CC(C)(C)OC(=O)NC(CCCCNC(=O)OCc1ccccc1)C(=O)NCC(O)C(O)C(O)C(O)CO. The third kappa shape index (κ3) is 27.9. The summed E-state index contributed by atoms with van der Waals surface area (Å²) in [5.74, 6) is -1.30. The van der Waals surface area contributed by atoms with Crippen molar-refractivity contribution in [2.24, 2.45) is 5.73 Å². The maximum Gasteiger partial charge on any atom is 0.408 e. The highest BCUT2D eigenvalue weighted by Crippen LogP contribution is 2.12. The van der Waals surface area contributed by atoms with Gasteiger partial charge in [-0.05, 0) is 92.2 Å². The second-order valence-corrected chi connectivity index (χ2v) is 17.3. The molecule has 1 aromatic rings. The Morgan fingerprint density at radius 2 is 0.955 bits per heavy atom. The minimum Gasteiger partial charge on any atom is -0.445 e. The number of amides is 5. The van der Waals surface area contributed by atoms with Gasteiger partial charge < -0.3 is 97.6 Å². The van der Waals surface area contributed by atoms with E-state index in [1.54, 1.807) is 41.5 Å². The maximum absolute atomic E-state index is 12.7. The summed E-state index contributed by atoms with van der Waals surface area (Å²) < 4.78 is 15.5. The first-order valence-corrected chi connectivity index (χ1v) is 21.6. The monoisotopic (exact) mass is 953 g/mol. The van der Waals surface area contributed by atoms with E-state index in [4.69, 9.17) is 30.2 Å². The van der Waals surface area contributed by atoms with E-state index in [9.17, 15) is 64.8 Å². The Morgan fingerprint density at radius 3 is 1.33 bits per heavy atom. The molecular weight excluding hydrogens is 876 g/mol. The van der Waals surface area contributed by atoms with Gasteiger partial charge >= 0.3 is 18.3 Å². The smallest absolute Gasteiger partial charge is 0.408 e. The van der Waals surface area contributed by atoms with Gasteiger partial charge in [0.2, 0.25) is 11.8 Å². The molecule has 17 N–H and O–H groups in total. The van der Waals surface area contributed by atoms with E-state index in [-0.39, 0.29) is 26.0 Å². The first kappa shape index (κ1) is 61.5. The van der Waals surface area contributed by atoms with Gasteiger partial charge in [-0.3, -0.25) is 9.59 Å². The summed E-state index contributed by atoms with van der Waals surface area (Å²) in [6.07, 6.45) is -13.5. The minimum atomic E-state index is -1.84. The number of ether oxygens (including phenoxy) is 3. The molecule has 0 spiro atoms. The molecule has 0 saturated heterocycles. The van der Waals surface area contributed by atoms with Crippen LogP contribution < -0.4 is 32.3 Å². The summed E-state index contributed by atoms with van der Waals surface area (Å²) in [4.78, 5) is 61.1. The van der Waals surface area contributed by atoms with Crippen LogP contribution >= 0.6 is 0 Å². The molecule has 0 fully saturated rings. The van der Waals surface area contributed by atoms with Crippen LogP contribution in [-0.2, 0) is 30.4 Å². The lowest BCUT2D eigenvalue weighted by Gasteiger charge is -2.27. The number of rotatable bonds is 27. The van der Waals surface area contributed by atoms with Crippen molar-refractivity contribution in [1.82, 2.24) is 26.6 Å². The van der Waals surface area contributed by atoms with E-state index >= 15 is 0 Å². The number of aliphatic hydroxyl groups excluding tert-OH is 10. The van der Waals surface area contributed by atoms with Crippen LogP contribution in [-0.4, -0.2) is 193 Å². The van der Waals surface area contributed by atoms with Crippen molar-refractivity contribution >= 4 is 30.1 Å². The highest BCUT2D eigenvalue weighted by atomic mass is 16.6. The Bertz CT molecular complexity index is 1530. The molecule has 0 aliphatic carbocycles. The fourth-order valence-corrected chi connectivity index (χ4v) is 5.39. The van der Waals surface area contributed by atoms with Crippen molar-refractivity contribution in [3.8, 4) is 0 Å². The van der Waals surface area contributed by atoms with Gasteiger partial charge in [0, 0.05) is 19.6 Å². The minimum absolute atomic E-state index is 0.130. The lowest BCUT2D eigenvalue weighted by Crippen LogP contribution is -2.53. The predicted octanol–water partition coefficient (Wildman–Crippen LogP) is -2.91. The van der Waals surface area contributed by atoms with Crippen molar-refractivity contribution in [3.05, 3.63) is 35.9 Å². The number of nitrogens with one attached hydrogen (secondary N) is 5. The third-order valence-electron chi connectivity index (χ3n) is 8.99. The first-order chi connectivity index (χ1) is 30.8. The van der Waals surface area contributed by atoms with Crippen LogP contribution in [0.25, 0.3) is 0 Å². The largest absolute Gasteiger partial charge is 0.445 e. The van der Waals surface area contributed by atoms with Crippen molar-refractivity contribution in [3.63, 3.8) is 0 Å². The van der Waals surface area contributed by atoms with E-state index < -0.39 is 129 Å². The molecule has 10 atom stereocenters. The number of hydrogen-bond donors (Lipinski definition) is 16. The molecule has 0 aliphatic rings. The molecule has 0 radical (unpaired) electrons. The number of unbranched alkanes of at least 4 members (excludes halogenated alkanes) is 2. The molecule has 1 aromatic carbocycles. The third-order valence-corrected chi connectivity index (χ3v) is 8.99. The fraction of sp³-hybridized carbons (Fsp3) is 0.738. The molecule has 0 heterocycles. The van der Waals surface area contributed by atoms with E-state index in [0.29, 0.717) is 32.2 Å². The lowest BCUT2D eigenvalue weighted by molar-refractivity contribution is -0.128. The number of carbonyl (C=O) groups excluding carboxylic acids is 5. The number of hydrogen-bond acceptors (Lipinski definition) is 19. The van der Waals surface area contributed by atoms with Crippen molar-refractivity contribution in [1.29, 1.82) is 0 Å². The lowest BCUT2D eigenvalue weighted by atomic mass is 10.0. The second-order valence-electron chi connectivity index (χ2n) is 17.3. The molecule has 24 nitrogen and oxygen atoms in total. The van der Waals surface area contributed by atoms with Crippen molar-refractivity contribution < 1.29 is 89.2 Å². The van der Waals surface area contributed by atoms with Crippen molar-refractivity contribution in [2.75, 3.05) is 39.4 Å². The Kier molecular flexibility index (Phi) is 30.1. The molecule has 0 aliphatic heterocycles. The van der Waals surface area contributed by atoms with Crippen molar-refractivity contribution in [2.45, 2.75) is 159 Å². The summed E-state index contributed by atoms with van der Waals surface area (Å²) in [7, 11) is 0. The second kappa shape index (κ2) is 32.3. The normalized spacial score (nSPS) is 16.1. The Morgan fingerprint density at radius 1 is 0.561 bits per heavy atom. The van der Waals surface area contributed by atoms with E-state index in [1.807, 2.05) is 30.3 Å². The van der Waals surface area contributed by atoms with Gasteiger partial charge in [-0.15, -0.1) is 0 Å². The molecule has 5 amide bonds. The summed E-state index contributed by atoms with van der Waals surface area (Å²) in [6, 6.07) is 7.18. The quantitative estimate of drug-likeness (QED) is 0.0310. The zero-order chi connectivity index (χ0) is 50.6. The summed E-state index contributed by atoms with van der Waals surface area (Å²) in [5.41, 5.74) is 4.73.